The zero-order valence-electron chi connectivity index (χ0n) is 9.12. The van der Waals surface area contributed by atoms with Gasteiger partial charge in [0, 0.05) is 23.3 Å². The summed E-state index contributed by atoms with van der Waals surface area (Å²) in [5.74, 6) is 0. The summed E-state index contributed by atoms with van der Waals surface area (Å²) in [6, 6.07) is 8.08. The molecule has 1 aromatic carbocycles. The van der Waals surface area contributed by atoms with E-state index in [1.165, 1.54) is 0 Å². The summed E-state index contributed by atoms with van der Waals surface area (Å²) in [7, 11) is 0. The van der Waals surface area contributed by atoms with Gasteiger partial charge in [-0.2, -0.15) is 0 Å². The number of nitrogens with one attached hydrogen (secondary N) is 1. The number of ether oxygens (including phenoxy) is 2. The van der Waals surface area contributed by atoms with Crippen LogP contribution in [0.3, 0.4) is 0 Å². The molecular weight excluding hydrogens is 270 g/mol. The Labute approximate surface area is 104 Å². The second-order valence-electron chi connectivity index (χ2n) is 3.76. The van der Waals surface area contributed by atoms with Crippen LogP contribution in [0, 0.1) is 0 Å². The first-order valence-corrected chi connectivity index (χ1v) is 6.33. The molecule has 1 atom stereocenters. The predicted molar refractivity (Wildman–Crippen MR) is 67.8 cm³/mol. The normalized spacial score (nSPS) is 19.9. The molecule has 1 N–H and O–H groups in total. The molecule has 0 saturated carbocycles. The number of anilines is 1. The Morgan fingerprint density at radius 2 is 2.31 bits per heavy atom. The van der Waals surface area contributed by atoms with Crippen molar-refractivity contribution in [3.63, 3.8) is 0 Å². The number of benzene rings is 1. The second kappa shape index (κ2) is 6.23. The summed E-state index contributed by atoms with van der Waals surface area (Å²) in [6.07, 6.45) is 1.32. The highest BCUT2D eigenvalue weighted by Gasteiger charge is 2.15. The summed E-state index contributed by atoms with van der Waals surface area (Å²) in [5.41, 5.74) is 1.11. The Morgan fingerprint density at radius 3 is 3.06 bits per heavy atom. The average molecular weight is 286 g/mol. The van der Waals surface area contributed by atoms with Gasteiger partial charge >= 0.3 is 0 Å². The van der Waals surface area contributed by atoms with Gasteiger partial charge in [-0.3, -0.25) is 0 Å². The molecule has 16 heavy (non-hydrogen) atoms. The van der Waals surface area contributed by atoms with Crippen molar-refractivity contribution in [2.75, 3.05) is 31.7 Å². The van der Waals surface area contributed by atoms with E-state index in [1.54, 1.807) is 0 Å². The van der Waals surface area contributed by atoms with E-state index in [0.29, 0.717) is 6.10 Å². The van der Waals surface area contributed by atoms with Crippen LogP contribution in [0.5, 0.6) is 0 Å². The van der Waals surface area contributed by atoms with Crippen LogP contribution in [0.1, 0.15) is 6.42 Å². The average Bonchev–Trinajstić information content (AvgIpc) is 2.79. The molecule has 1 fully saturated rings. The third-order valence-corrected chi connectivity index (χ3v) is 3.22. The highest BCUT2D eigenvalue weighted by Crippen LogP contribution is 2.20. The van der Waals surface area contributed by atoms with Gasteiger partial charge in [-0.05, 0) is 34.5 Å². The van der Waals surface area contributed by atoms with Crippen molar-refractivity contribution in [2.24, 2.45) is 0 Å². The van der Waals surface area contributed by atoms with Crippen molar-refractivity contribution >= 4 is 21.6 Å². The monoisotopic (exact) mass is 285 g/mol. The van der Waals surface area contributed by atoms with Gasteiger partial charge in [-0.1, -0.05) is 12.1 Å². The van der Waals surface area contributed by atoms with Crippen LogP contribution in [-0.2, 0) is 9.47 Å². The van der Waals surface area contributed by atoms with Crippen LogP contribution in [0.4, 0.5) is 5.69 Å². The van der Waals surface area contributed by atoms with E-state index in [-0.39, 0.29) is 0 Å². The minimum absolute atomic E-state index is 0.293. The summed E-state index contributed by atoms with van der Waals surface area (Å²) in [6.45, 7) is 3.12. The zero-order chi connectivity index (χ0) is 11.2. The molecule has 0 radical (unpaired) electrons. The molecule has 0 spiro atoms. The number of hydrogen-bond acceptors (Lipinski definition) is 3. The van der Waals surface area contributed by atoms with Gasteiger partial charge in [-0.15, -0.1) is 0 Å². The van der Waals surface area contributed by atoms with E-state index in [1.807, 2.05) is 24.3 Å². The van der Waals surface area contributed by atoms with Crippen LogP contribution < -0.4 is 5.32 Å². The first kappa shape index (κ1) is 11.9. The molecule has 0 aromatic heterocycles. The number of hydrogen-bond donors (Lipinski definition) is 1. The van der Waals surface area contributed by atoms with Gasteiger partial charge in [0.05, 0.1) is 19.3 Å². The summed E-state index contributed by atoms with van der Waals surface area (Å²) in [4.78, 5) is 0. The van der Waals surface area contributed by atoms with E-state index in [2.05, 4.69) is 21.2 Å². The molecule has 4 heteroatoms. The molecule has 3 nitrogen and oxygen atoms in total. The van der Waals surface area contributed by atoms with Crippen molar-refractivity contribution in [3.05, 3.63) is 28.7 Å². The number of halogens is 1. The lowest BCUT2D eigenvalue weighted by Crippen LogP contribution is -2.18. The molecule has 0 amide bonds. The summed E-state index contributed by atoms with van der Waals surface area (Å²) >= 11 is 3.49. The highest BCUT2D eigenvalue weighted by atomic mass is 79.9. The van der Waals surface area contributed by atoms with Gasteiger partial charge in [0.15, 0.2) is 0 Å². The highest BCUT2D eigenvalue weighted by molar-refractivity contribution is 9.10. The Balaban J connectivity index is 1.66. The number of rotatable bonds is 5. The maximum atomic E-state index is 5.66. The van der Waals surface area contributed by atoms with E-state index >= 15 is 0 Å². The molecule has 88 valence electrons. The SMILES string of the molecule is Brc1ccccc1NCCOC1CCOC1. The molecule has 1 aliphatic heterocycles. The van der Waals surface area contributed by atoms with Gasteiger partial charge in [0.25, 0.3) is 0 Å². The fourth-order valence-corrected chi connectivity index (χ4v) is 2.09. The molecule has 1 saturated heterocycles. The standard InChI is InChI=1S/C12H16BrNO2/c13-11-3-1-2-4-12(11)14-6-8-16-10-5-7-15-9-10/h1-4,10,14H,5-9H2. The van der Waals surface area contributed by atoms with Crippen molar-refractivity contribution in [2.45, 2.75) is 12.5 Å². The van der Waals surface area contributed by atoms with Crippen LogP contribution in [-0.4, -0.2) is 32.5 Å². The molecule has 0 bridgehead atoms. The van der Waals surface area contributed by atoms with E-state index in [0.717, 1.165) is 42.9 Å². The lowest BCUT2D eigenvalue weighted by molar-refractivity contribution is 0.0489. The Hall–Kier alpha value is -0.580. The molecule has 2 rings (SSSR count). The third kappa shape index (κ3) is 3.47. The van der Waals surface area contributed by atoms with Crippen molar-refractivity contribution in [1.29, 1.82) is 0 Å². The fraction of sp³-hybridized carbons (Fsp3) is 0.500. The molecule has 0 aliphatic carbocycles. The Morgan fingerprint density at radius 1 is 1.44 bits per heavy atom. The van der Waals surface area contributed by atoms with E-state index in [4.69, 9.17) is 9.47 Å². The second-order valence-corrected chi connectivity index (χ2v) is 4.62. The Kier molecular flexibility index (Phi) is 4.63. The van der Waals surface area contributed by atoms with Crippen LogP contribution in [0.25, 0.3) is 0 Å². The van der Waals surface area contributed by atoms with E-state index in [9.17, 15) is 0 Å². The third-order valence-electron chi connectivity index (χ3n) is 2.53. The largest absolute Gasteiger partial charge is 0.382 e. The Bertz CT molecular complexity index is 327. The minimum atomic E-state index is 0.293. The van der Waals surface area contributed by atoms with Gasteiger partial charge in [-0.25, -0.2) is 0 Å². The smallest absolute Gasteiger partial charge is 0.0831 e. The van der Waals surface area contributed by atoms with Crippen LogP contribution in [0.2, 0.25) is 0 Å². The summed E-state index contributed by atoms with van der Waals surface area (Å²) in [5, 5.41) is 3.32. The lowest BCUT2D eigenvalue weighted by Gasteiger charge is -2.11. The number of para-hydroxylation sites is 1. The van der Waals surface area contributed by atoms with Gasteiger partial charge in [0.1, 0.15) is 0 Å². The topological polar surface area (TPSA) is 30.5 Å². The summed E-state index contributed by atoms with van der Waals surface area (Å²) < 4.78 is 12.0. The van der Waals surface area contributed by atoms with Crippen LogP contribution >= 0.6 is 15.9 Å². The zero-order valence-corrected chi connectivity index (χ0v) is 10.7. The van der Waals surface area contributed by atoms with Gasteiger partial charge in [0.2, 0.25) is 0 Å². The first-order valence-electron chi connectivity index (χ1n) is 5.54. The minimum Gasteiger partial charge on any atom is -0.382 e. The van der Waals surface area contributed by atoms with Gasteiger partial charge < -0.3 is 14.8 Å². The molecule has 1 aromatic rings. The van der Waals surface area contributed by atoms with E-state index < -0.39 is 0 Å². The molecular formula is C12H16BrNO2. The quantitative estimate of drug-likeness (QED) is 0.844. The molecule has 1 aliphatic rings. The van der Waals surface area contributed by atoms with Crippen molar-refractivity contribution < 1.29 is 9.47 Å². The molecule has 1 heterocycles. The van der Waals surface area contributed by atoms with Crippen molar-refractivity contribution in [3.8, 4) is 0 Å². The maximum absolute atomic E-state index is 5.66. The van der Waals surface area contributed by atoms with Crippen molar-refractivity contribution in [1.82, 2.24) is 0 Å². The molecule has 1 unspecified atom stereocenters. The predicted octanol–water partition coefficient (Wildman–Crippen LogP) is 2.67. The lowest BCUT2D eigenvalue weighted by atomic mass is 10.3. The van der Waals surface area contributed by atoms with Crippen LogP contribution in [0.15, 0.2) is 28.7 Å². The maximum Gasteiger partial charge on any atom is 0.0831 e. The fourth-order valence-electron chi connectivity index (χ4n) is 1.66. The first-order chi connectivity index (χ1) is 7.86.